The summed E-state index contributed by atoms with van der Waals surface area (Å²) in [6.07, 6.45) is 1.17. The Labute approximate surface area is 211 Å². The molecule has 10 nitrogen and oxygen atoms in total. The second-order valence-corrected chi connectivity index (χ2v) is 9.26. The SMILES string of the molecule is CNCC(O)COc1cccc(-c2nc(C(=O)NC3CCN(C)CC3)cc(-c3c(C)noc3C)n2)c1. The summed E-state index contributed by atoms with van der Waals surface area (Å²) in [6, 6.07) is 9.10. The first-order chi connectivity index (χ1) is 17.3. The zero-order chi connectivity index (χ0) is 25.7. The first-order valence-corrected chi connectivity index (χ1v) is 12.2. The molecule has 1 aromatic carbocycles. The highest BCUT2D eigenvalue weighted by Crippen LogP contribution is 2.29. The van der Waals surface area contributed by atoms with E-state index < -0.39 is 6.10 Å². The Bertz CT molecular complexity index is 1170. The van der Waals surface area contributed by atoms with Crippen molar-refractivity contribution in [3.05, 3.63) is 47.5 Å². The minimum atomic E-state index is -0.632. The minimum Gasteiger partial charge on any atom is -0.491 e. The van der Waals surface area contributed by atoms with Crippen molar-refractivity contribution < 1.29 is 19.2 Å². The van der Waals surface area contributed by atoms with Crippen molar-refractivity contribution in [3.8, 4) is 28.4 Å². The molecule has 36 heavy (non-hydrogen) atoms. The molecule has 0 radical (unpaired) electrons. The third-order valence-electron chi connectivity index (χ3n) is 6.28. The molecule has 1 aliphatic rings. The number of carbonyl (C=O) groups is 1. The van der Waals surface area contributed by atoms with Crippen LogP contribution < -0.4 is 15.4 Å². The monoisotopic (exact) mass is 494 g/mol. The molecule has 1 amide bonds. The van der Waals surface area contributed by atoms with E-state index in [1.165, 1.54) is 0 Å². The van der Waals surface area contributed by atoms with E-state index in [2.05, 4.69) is 32.7 Å². The quantitative estimate of drug-likeness (QED) is 0.410. The lowest BCUT2D eigenvalue weighted by molar-refractivity contribution is 0.0911. The molecular weight excluding hydrogens is 460 g/mol. The van der Waals surface area contributed by atoms with Gasteiger partial charge in [0.2, 0.25) is 0 Å². The van der Waals surface area contributed by atoms with Gasteiger partial charge in [-0.25, -0.2) is 9.97 Å². The molecule has 3 aromatic rings. The van der Waals surface area contributed by atoms with Crippen molar-refractivity contribution in [2.75, 3.05) is 40.3 Å². The van der Waals surface area contributed by atoms with Crippen LogP contribution in [0.4, 0.5) is 0 Å². The van der Waals surface area contributed by atoms with Crippen LogP contribution in [0.2, 0.25) is 0 Å². The van der Waals surface area contributed by atoms with Crippen LogP contribution in [0.15, 0.2) is 34.9 Å². The smallest absolute Gasteiger partial charge is 0.270 e. The lowest BCUT2D eigenvalue weighted by atomic mass is 10.0. The van der Waals surface area contributed by atoms with E-state index in [0.717, 1.165) is 31.5 Å². The van der Waals surface area contributed by atoms with Crippen LogP contribution in [0.5, 0.6) is 5.75 Å². The van der Waals surface area contributed by atoms with Gasteiger partial charge in [-0.05, 0) is 72.1 Å². The summed E-state index contributed by atoms with van der Waals surface area (Å²) >= 11 is 0. The molecule has 1 aliphatic heterocycles. The van der Waals surface area contributed by atoms with Gasteiger partial charge in [0.05, 0.1) is 17.0 Å². The van der Waals surface area contributed by atoms with Gasteiger partial charge < -0.3 is 29.9 Å². The van der Waals surface area contributed by atoms with Crippen LogP contribution in [0.25, 0.3) is 22.6 Å². The number of carbonyl (C=O) groups excluding carboxylic acids is 1. The number of piperidine rings is 1. The highest BCUT2D eigenvalue weighted by molar-refractivity contribution is 5.94. The number of benzene rings is 1. The Kier molecular flexibility index (Phi) is 8.29. The lowest BCUT2D eigenvalue weighted by Crippen LogP contribution is -2.43. The minimum absolute atomic E-state index is 0.107. The van der Waals surface area contributed by atoms with E-state index in [4.69, 9.17) is 14.2 Å². The Morgan fingerprint density at radius 1 is 1.25 bits per heavy atom. The molecule has 192 valence electrons. The Morgan fingerprint density at radius 3 is 2.72 bits per heavy atom. The van der Waals surface area contributed by atoms with E-state index in [9.17, 15) is 9.90 Å². The van der Waals surface area contributed by atoms with Crippen molar-refractivity contribution in [1.29, 1.82) is 0 Å². The fraction of sp³-hybridized carbons (Fsp3) is 0.462. The average molecular weight is 495 g/mol. The number of nitrogens with one attached hydrogen (secondary N) is 2. The Morgan fingerprint density at radius 2 is 2.03 bits per heavy atom. The summed E-state index contributed by atoms with van der Waals surface area (Å²) in [5.74, 6) is 1.35. The fourth-order valence-corrected chi connectivity index (χ4v) is 4.29. The molecule has 4 rings (SSSR count). The van der Waals surface area contributed by atoms with Crippen LogP contribution in [0.1, 0.15) is 34.8 Å². The topological polar surface area (TPSA) is 126 Å². The Balaban J connectivity index is 1.65. The van der Waals surface area contributed by atoms with Crippen LogP contribution in [-0.4, -0.2) is 83.5 Å². The number of rotatable bonds is 9. The van der Waals surface area contributed by atoms with Gasteiger partial charge in [-0.3, -0.25) is 4.79 Å². The molecule has 10 heteroatoms. The average Bonchev–Trinajstić information content (AvgIpc) is 3.22. The summed E-state index contributed by atoms with van der Waals surface area (Å²) < 4.78 is 11.1. The van der Waals surface area contributed by atoms with E-state index in [-0.39, 0.29) is 24.2 Å². The van der Waals surface area contributed by atoms with Crippen molar-refractivity contribution in [1.82, 2.24) is 30.7 Å². The van der Waals surface area contributed by atoms with Crippen molar-refractivity contribution >= 4 is 5.91 Å². The molecule has 3 heterocycles. The number of hydrogen-bond acceptors (Lipinski definition) is 9. The largest absolute Gasteiger partial charge is 0.491 e. The van der Waals surface area contributed by atoms with Crippen molar-refractivity contribution in [2.24, 2.45) is 0 Å². The van der Waals surface area contributed by atoms with Gasteiger partial charge in [0.1, 0.15) is 29.9 Å². The maximum absolute atomic E-state index is 13.3. The van der Waals surface area contributed by atoms with E-state index in [1.807, 2.05) is 26.0 Å². The predicted octanol–water partition coefficient (Wildman–Crippen LogP) is 2.20. The molecule has 1 fully saturated rings. The third kappa shape index (κ3) is 6.26. The number of aromatic nitrogens is 3. The van der Waals surface area contributed by atoms with Gasteiger partial charge in [0.25, 0.3) is 5.91 Å². The first kappa shape index (κ1) is 25.7. The number of likely N-dealkylation sites (N-methyl/N-ethyl adjacent to an activating group) is 1. The van der Waals surface area contributed by atoms with Gasteiger partial charge in [-0.2, -0.15) is 0 Å². The molecule has 0 bridgehead atoms. The van der Waals surface area contributed by atoms with Crippen molar-refractivity contribution in [2.45, 2.75) is 38.8 Å². The summed E-state index contributed by atoms with van der Waals surface area (Å²) in [5.41, 5.74) is 2.98. The van der Waals surface area contributed by atoms with E-state index >= 15 is 0 Å². The summed E-state index contributed by atoms with van der Waals surface area (Å²) in [4.78, 5) is 24.9. The predicted molar refractivity (Wildman–Crippen MR) is 136 cm³/mol. The number of ether oxygens (including phenoxy) is 1. The standard InChI is InChI=1S/C26H34N6O4/c1-16-24(17(2)36-31-16)22-13-23(26(34)28-19-8-10-32(4)11-9-19)30-25(29-22)18-6-5-7-21(12-18)35-15-20(33)14-27-3/h5-7,12-13,19-20,27,33H,8-11,14-15H2,1-4H3,(H,28,34). The molecule has 1 atom stereocenters. The van der Waals surface area contributed by atoms with Crippen LogP contribution in [0.3, 0.4) is 0 Å². The number of nitrogens with zero attached hydrogens (tertiary/aromatic N) is 4. The number of aliphatic hydroxyl groups is 1. The second kappa shape index (κ2) is 11.6. The molecule has 1 saturated heterocycles. The molecule has 1 unspecified atom stereocenters. The summed E-state index contributed by atoms with van der Waals surface area (Å²) in [7, 11) is 3.86. The summed E-state index contributed by atoms with van der Waals surface area (Å²) in [6.45, 7) is 6.13. The number of aryl methyl sites for hydroxylation is 2. The van der Waals surface area contributed by atoms with Crippen molar-refractivity contribution in [3.63, 3.8) is 0 Å². The molecular formula is C26H34N6O4. The van der Waals surface area contributed by atoms with Gasteiger partial charge in [0.15, 0.2) is 5.82 Å². The van der Waals surface area contributed by atoms with Gasteiger partial charge in [0, 0.05) is 18.2 Å². The van der Waals surface area contributed by atoms with E-state index in [1.54, 1.807) is 25.2 Å². The highest BCUT2D eigenvalue weighted by Gasteiger charge is 2.23. The number of likely N-dealkylation sites (tertiary alicyclic amines) is 1. The van der Waals surface area contributed by atoms with E-state index in [0.29, 0.717) is 40.8 Å². The maximum atomic E-state index is 13.3. The number of amides is 1. The highest BCUT2D eigenvalue weighted by atomic mass is 16.5. The number of hydrogen-bond donors (Lipinski definition) is 3. The van der Waals surface area contributed by atoms with Crippen LogP contribution in [0, 0.1) is 13.8 Å². The zero-order valence-electron chi connectivity index (χ0n) is 21.2. The molecule has 0 aliphatic carbocycles. The normalized spacial score (nSPS) is 15.6. The molecule has 2 aromatic heterocycles. The molecule has 3 N–H and O–H groups in total. The molecule has 0 spiro atoms. The van der Waals surface area contributed by atoms with Crippen LogP contribution >= 0.6 is 0 Å². The number of aliphatic hydroxyl groups excluding tert-OH is 1. The third-order valence-corrected chi connectivity index (χ3v) is 6.28. The lowest BCUT2D eigenvalue weighted by Gasteiger charge is -2.29. The Hall–Kier alpha value is -3.34. The summed E-state index contributed by atoms with van der Waals surface area (Å²) in [5, 5.41) is 20.1. The van der Waals surface area contributed by atoms with Gasteiger partial charge in [-0.15, -0.1) is 0 Å². The van der Waals surface area contributed by atoms with Crippen LogP contribution in [-0.2, 0) is 0 Å². The van der Waals surface area contributed by atoms with Gasteiger partial charge in [-0.1, -0.05) is 17.3 Å². The molecule has 0 saturated carbocycles. The second-order valence-electron chi connectivity index (χ2n) is 9.26. The first-order valence-electron chi connectivity index (χ1n) is 12.2. The fourth-order valence-electron chi connectivity index (χ4n) is 4.29. The van der Waals surface area contributed by atoms with Gasteiger partial charge >= 0.3 is 0 Å². The maximum Gasteiger partial charge on any atom is 0.270 e. The zero-order valence-corrected chi connectivity index (χ0v) is 21.2.